The number of likely N-dealkylation sites (N-methyl/N-ethyl adjacent to an activating group) is 1. The van der Waals surface area contributed by atoms with E-state index in [1.54, 1.807) is 7.05 Å². The first-order valence-corrected chi connectivity index (χ1v) is 10.5. The molecule has 28 heavy (non-hydrogen) atoms. The molecular formula is C22H37N5O. The lowest BCUT2D eigenvalue weighted by Gasteiger charge is -2.35. The number of hydrogen-bond acceptors (Lipinski definition) is 3. The molecule has 0 radical (unpaired) electrons. The van der Waals surface area contributed by atoms with Crippen molar-refractivity contribution in [3.8, 4) is 0 Å². The zero-order valence-corrected chi connectivity index (χ0v) is 17.9. The Labute approximate surface area is 170 Å². The van der Waals surface area contributed by atoms with Crippen molar-refractivity contribution < 1.29 is 4.79 Å². The number of aliphatic imine (C=N–C) groups is 1. The van der Waals surface area contributed by atoms with Gasteiger partial charge in [-0.25, -0.2) is 0 Å². The molecule has 1 atom stereocenters. The van der Waals surface area contributed by atoms with E-state index in [0.717, 1.165) is 37.0 Å². The normalized spacial score (nSPS) is 16.7. The van der Waals surface area contributed by atoms with E-state index in [2.05, 4.69) is 46.0 Å². The largest absolute Gasteiger partial charge is 0.356 e. The van der Waals surface area contributed by atoms with Crippen LogP contribution in [-0.4, -0.2) is 64.1 Å². The van der Waals surface area contributed by atoms with Crippen LogP contribution in [-0.2, 0) is 6.42 Å². The van der Waals surface area contributed by atoms with E-state index < -0.39 is 0 Å². The van der Waals surface area contributed by atoms with Gasteiger partial charge >= 0.3 is 0 Å². The third-order valence-electron chi connectivity index (χ3n) is 5.68. The highest BCUT2D eigenvalue weighted by Gasteiger charge is 2.25. The van der Waals surface area contributed by atoms with E-state index in [0.29, 0.717) is 11.6 Å². The molecule has 0 bridgehead atoms. The van der Waals surface area contributed by atoms with Crippen LogP contribution in [0.1, 0.15) is 48.0 Å². The van der Waals surface area contributed by atoms with Crippen molar-refractivity contribution in [2.45, 2.75) is 44.6 Å². The summed E-state index contributed by atoms with van der Waals surface area (Å²) in [6.45, 7) is 1.68. The minimum atomic E-state index is -0.0512. The van der Waals surface area contributed by atoms with Crippen LogP contribution in [0, 0.1) is 5.92 Å². The van der Waals surface area contributed by atoms with Gasteiger partial charge in [0.1, 0.15) is 0 Å². The summed E-state index contributed by atoms with van der Waals surface area (Å²) in [6.07, 6.45) is 7.60. The lowest BCUT2D eigenvalue weighted by Crippen LogP contribution is -2.48. The van der Waals surface area contributed by atoms with Crippen molar-refractivity contribution in [1.29, 1.82) is 0 Å². The van der Waals surface area contributed by atoms with Crippen LogP contribution in [0.15, 0.2) is 29.3 Å². The van der Waals surface area contributed by atoms with E-state index in [9.17, 15) is 4.79 Å². The molecule has 1 aliphatic rings. The molecule has 1 fully saturated rings. The summed E-state index contributed by atoms with van der Waals surface area (Å²) in [5.74, 6) is 1.55. The molecule has 0 aliphatic heterocycles. The van der Waals surface area contributed by atoms with Crippen LogP contribution < -0.4 is 16.0 Å². The first kappa shape index (κ1) is 22.2. The SMILES string of the molecule is CN=C(NCCc1cccc(C(=O)NC)c1)NCC(C1CCCCC1)N(C)C. The van der Waals surface area contributed by atoms with E-state index >= 15 is 0 Å². The van der Waals surface area contributed by atoms with Crippen LogP contribution in [0.25, 0.3) is 0 Å². The molecule has 0 heterocycles. The van der Waals surface area contributed by atoms with E-state index in [1.807, 2.05) is 25.2 Å². The average molecular weight is 388 g/mol. The maximum atomic E-state index is 11.8. The summed E-state index contributed by atoms with van der Waals surface area (Å²) >= 11 is 0. The number of amides is 1. The Morgan fingerprint density at radius 2 is 1.96 bits per heavy atom. The number of nitrogens with one attached hydrogen (secondary N) is 3. The number of guanidine groups is 1. The molecule has 1 aromatic carbocycles. The fourth-order valence-corrected chi connectivity index (χ4v) is 4.05. The summed E-state index contributed by atoms with van der Waals surface area (Å²) in [6, 6.07) is 8.29. The van der Waals surface area contributed by atoms with Crippen LogP contribution >= 0.6 is 0 Å². The first-order valence-electron chi connectivity index (χ1n) is 10.5. The summed E-state index contributed by atoms with van der Waals surface area (Å²) in [5, 5.41) is 9.57. The Hall–Kier alpha value is -2.08. The summed E-state index contributed by atoms with van der Waals surface area (Å²) in [7, 11) is 7.82. The van der Waals surface area contributed by atoms with Crippen molar-refractivity contribution in [3.63, 3.8) is 0 Å². The van der Waals surface area contributed by atoms with Crippen LogP contribution in [0.5, 0.6) is 0 Å². The Morgan fingerprint density at radius 3 is 2.61 bits per heavy atom. The highest BCUT2D eigenvalue weighted by molar-refractivity contribution is 5.94. The molecule has 1 aliphatic carbocycles. The Bertz CT molecular complexity index is 638. The van der Waals surface area contributed by atoms with Crippen molar-refractivity contribution in [1.82, 2.24) is 20.9 Å². The number of carbonyl (C=O) groups excluding carboxylic acids is 1. The summed E-state index contributed by atoms with van der Waals surface area (Å²) in [4.78, 5) is 18.5. The fourth-order valence-electron chi connectivity index (χ4n) is 4.05. The fraction of sp³-hybridized carbons (Fsp3) is 0.636. The molecule has 0 spiro atoms. The van der Waals surface area contributed by atoms with Crippen molar-refractivity contribution in [3.05, 3.63) is 35.4 Å². The average Bonchev–Trinajstić information content (AvgIpc) is 2.72. The van der Waals surface area contributed by atoms with E-state index in [4.69, 9.17) is 0 Å². The highest BCUT2D eigenvalue weighted by Crippen LogP contribution is 2.28. The molecule has 156 valence electrons. The Kier molecular flexibility index (Phi) is 9.28. The maximum absolute atomic E-state index is 11.8. The number of rotatable bonds is 8. The van der Waals surface area contributed by atoms with Gasteiger partial charge in [0.2, 0.25) is 0 Å². The third-order valence-corrected chi connectivity index (χ3v) is 5.68. The molecule has 1 unspecified atom stereocenters. The lowest BCUT2D eigenvalue weighted by atomic mass is 9.83. The van der Waals surface area contributed by atoms with E-state index in [-0.39, 0.29) is 5.91 Å². The van der Waals surface area contributed by atoms with Gasteiger partial charge in [-0.2, -0.15) is 0 Å². The second kappa shape index (κ2) is 11.7. The molecule has 6 nitrogen and oxygen atoms in total. The second-order valence-electron chi connectivity index (χ2n) is 7.84. The van der Waals surface area contributed by atoms with Gasteiger partial charge in [0.15, 0.2) is 5.96 Å². The van der Waals surface area contributed by atoms with Gasteiger partial charge in [-0.05, 0) is 57.0 Å². The molecule has 6 heteroatoms. The van der Waals surface area contributed by atoms with Crippen LogP contribution in [0.3, 0.4) is 0 Å². The van der Waals surface area contributed by atoms with Crippen molar-refractivity contribution in [2.24, 2.45) is 10.9 Å². The number of hydrogen-bond donors (Lipinski definition) is 3. The lowest BCUT2D eigenvalue weighted by molar-refractivity contribution is 0.0963. The number of nitrogens with zero attached hydrogens (tertiary/aromatic N) is 2. The predicted octanol–water partition coefficient (Wildman–Crippen LogP) is 2.26. The zero-order valence-electron chi connectivity index (χ0n) is 17.9. The monoisotopic (exact) mass is 387 g/mol. The molecule has 0 saturated heterocycles. The zero-order chi connectivity index (χ0) is 20.4. The molecule has 2 rings (SSSR count). The highest BCUT2D eigenvalue weighted by atomic mass is 16.1. The quantitative estimate of drug-likeness (QED) is 0.473. The van der Waals surface area contributed by atoms with Crippen LogP contribution in [0.2, 0.25) is 0 Å². The van der Waals surface area contributed by atoms with Gasteiger partial charge in [0, 0.05) is 38.8 Å². The first-order chi connectivity index (χ1) is 13.5. The van der Waals surface area contributed by atoms with Crippen molar-refractivity contribution in [2.75, 3.05) is 41.3 Å². The Balaban J connectivity index is 1.81. The van der Waals surface area contributed by atoms with Gasteiger partial charge in [-0.3, -0.25) is 9.79 Å². The van der Waals surface area contributed by atoms with Gasteiger partial charge in [0.25, 0.3) is 5.91 Å². The van der Waals surface area contributed by atoms with Crippen LogP contribution in [0.4, 0.5) is 0 Å². The van der Waals surface area contributed by atoms with Gasteiger partial charge < -0.3 is 20.9 Å². The Morgan fingerprint density at radius 1 is 1.21 bits per heavy atom. The molecule has 3 N–H and O–H groups in total. The topological polar surface area (TPSA) is 68.8 Å². The molecule has 0 aromatic heterocycles. The molecule has 1 saturated carbocycles. The third kappa shape index (κ3) is 6.82. The van der Waals surface area contributed by atoms with Gasteiger partial charge in [-0.15, -0.1) is 0 Å². The van der Waals surface area contributed by atoms with Gasteiger partial charge in [0.05, 0.1) is 0 Å². The summed E-state index contributed by atoms with van der Waals surface area (Å²) < 4.78 is 0. The summed E-state index contributed by atoms with van der Waals surface area (Å²) in [5.41, 5.74) is 1.83. The minimum Gasteiger partial charge on any atom is -0.356 e. The smallest absolute Gasteiger partial charge is 0.251 e. The van der Waals surface area contributed by atoms with Gasteiger partial charge in [-0.1, -0.05) is 31.4 Å². The number of benzene rings is 1. The standard InChI is InChI=1S/C22H37N5O/c1-23-21(28)19-12-8-9-17(15-19)13-14-25-22(24-2)26-16-20(27(3)4)18-10-6-5-7-11-18/h8-9,12,15,18,20H,5-7,10-11,13-14,16H2,1-4H3,(H,23,28)(H2,24,25,26). The predicted molar refractivity (Wildman–Crippen MR) is 117 cm³/mol. The molecule has 1 aromatic rings. The second-order valence-corrected chi connectivity index (χ2v) is 7.84. The number of carbonyl (C=O) groups is 1. The molecule has 1 amide bonds. The maximum Gasteiger partial charge on any atom is 0.251 e. The minimum absolute atomic E-state index is 0.0512. The van der Waals surface area contributed by atoms with Crippen molar-refractivity contribution >= 4 is 11.9 Å². The molecular weight excluding hydrogens is 350 g/mol. The van der Waals surface area contributed by atoms with E-state index in [1.165, 1.54) is 32.1 Å².